The average Bonchev–Trinajstić information content (AvgIpc) is 2.81. The average molecular weight is 320 g/mol. The molecule has 21 heavy (non-hydrogen) atoms. The van der Waals surface area contributed by atoms with Crippen molar-refractivity contribution in [2.75, 3.05) is 5.73 Å². The highest BCUT2D eigenvalue weighted by Gasteiger charge is 2.22. The van der Waals surface area contributed by atoms with E-state index in [1.807, 2.05) is 13.0 Å². The first kappa shape index (κ1) is 13.9. The third kappa shape index (κ3) is 2.48. The molecule has 0 aliphatic rings. The Morgan fingerprint density at radius 3 is 2.48 bits per heavy atom. The monoisotopic (exact) mass is 319 g/mol. The van der Waals surface area contributed by atoms with E-state index in [1.54, 1.807) is 30.6 Å². The molecule has 0 radical (unpaired) electrons. The summed E-state index contributed by atoms with van der Waals surface area (Å²) in [4.78, 5) is 4.15. The minimum absolute atomic E-state index is 0.238. The van der Waals surface area contributed by atoms with Crippen LogP contribution in [0.15, 0.2) is 41.2 Å². The van der Waals surface area contributed by atoms with Gasteiger partial charge in [-0.1, -0.05) is 34.4 Å². The van der Waals surface area contributed by atoms with Crippen molar-refractivity contribution >= 4 is 29.0 Å². The van der Waals surface area contributed by atoms with Gasteiger partial charge < -0.3 is 10.3 Å². The predicted molar refractivity (Wildman–Crippen MR) is 84.3 cm³/mol. The Hall–Kier alpha value is -2.04. The van der Waals surface area contributed by atoms with E-state index >= 15 is 0 Å². The number of aryl methyl sites for hydroxylation is 1. The maximum absolute atomic E-state index is 6.26. The second kappa shape index (κ2) is 5.39. The highest BCUT2D eigenvalue weighted by atomic mass is 35.5. The van der Waals surface area contributed by atoms with Crippen LogP contribution in [-0.4, -0.2) is 10.1 Å². The largest absolute Gasteiger partial charge is 0.380 e. The molecule has 1 aromatic carbocycles. The van der Waals surface area contributed by atoms with E-state index in [9.17, 15) is 0 Å². The van der Waals surface area contributed by atoms with Gasteiger partial charge in [0.15, 0.2) is 11.6 Å². The standard InChI is InChI=1S/C15H11Cl2N3O/c1-8-5-9(7-19-6-8)14-13(15(18)20-21-14)12-10(16)3-2-4-11(12)17/h2-7H,1H3,(H2,18,20). The zero-order valence-corrected chi connectivity index (χ0v) is 12.6. The van der Waals surface area contributed by atoms with Gasteiger partial charge in [-0.2, -0.15) is 0 Å². The van der Waals surface area contributed by atoms with E-state index in [2.05, 4.69) is 10.1 Å². The van der Waals surface area contributed by atoms with E-state index in [0.717, 1.165) is 11.1 Å². The van der Waals surface area contributed by atoms with Gasteiger partial charge in [-0.05, 0) is 30.7 Å². The zero-order valence-electron chi connectivity index (χ0n) is 11.1. The molecule has 2 aromatic heterocycles. The molecule has 106 valence electrons. The van der Waals surface area contributed by atoms with Crippen molar-refractivity contribution in [3.63, 3.8) is 0 Å². The lowest BCUT2D eigenvalue weighted by Gasteiger charge is -2.07. The smallest absolute Gasteiger partial charge is 0.178 e. The van der Waals surface area contributed by atoms with Gasteiger partial charge in [0, 0.05) is 23.5 Å². The Morgan fingerprint density at radius 2 is 1.81 bits per heavy atom. The molecular weight excluding hydrogens is 309 g/mol. The molecule has 0 unspecified atom stereocenters. The molecule has 0 saturated carbocycles. The van der Waals surface area contributed by atoms with Crippen LogP contribution in [0.25, 0.3) is 22.5 Å². The molecule has 6 heteroatoms. The van der Waals surface area contributed by atoms with Crippen molar-refractivity contribution in [1.29, 1.82) is 0 Å². The molecule has 3 aromatic rings. The first-order valence-electron chi connectivity index (χ1n) is 6.19. The lowest BCUT2D eigenvalue weighted by molar-refractivity contribution is 0.436. The summed E-state index contributed by atoms with van der Waals surface area (Å²) in [6.07, 6.45) is 3.44. The number of nitrogen functional groups attached to an aromatic ring is 1. The van der Waals surface area contributed by atoms with Crippen LogP contribution >= 0.6 is 23.2 Å². The van der Waals surface area contributed by atoms with Gasteiger partial charge in [-0.25, -0.2) is 0 Å². The molecule has 0 spiro atoms. The van der Waals surface area contributed by atoms with Crippen LogP contribution in [0.5, 0.6) is 0 Å². The molecule has 0 aliphatic heterocycles. The number of hydrogen-bond donors (Lipinski definition) is 1. The number of aromatic nitrogens is 2. The van der Waals surface area contributed by atoms with E-state index in [4.69, 9.17) is 33.5 Å². The van der Waals surface area contributed by atoms with Crippen LogP contribution in [0.3, 0.4) is 0 Å². The van der Waals surface area contributed by atoms with E-state index in [-0.39, 0.29) is 5.82 Å². The molecule has 0 bridgehead atoms. The Bertz CT molecular complexity index is 794. The number of benzene rings is 1. The Labute approximate surface area is 131 Å². The minimum Gasteiger partial charge on any atom is -0.380 e. The van der Waals surface area contributed by atoms with Gasteiger partial charge in [-0.3, -0.25) is 4.98 Å². The molecule has 0 amide bonds. The van der Waals surface area contributed by atoms with E-state index in [1.165, 1.54) is 0 Å². The highest BCUT2D eigenvalue weighted by molar-refractivity contribution is 6.39. The first-order valence-corrected chi connectivity index (χ1v) is 6.95. The van der Waals surface area contributed by atoms with Crippen molar-refractivity contribution in [1.82, 2.24) is 10.1 Å². The topological polar surface area (TPSA) is 64.9 Å². The molecule has 3 rings (SSSR count). The van der Waals surface area contributed by atoms with Crippen molar-refractivity contribution in [3.05, 3.63) is 52.3 Å². The van der Waals surface area contributed by atoms with Gasteiger partial charge in [0.2, 0.25) is 0 Å². The maximum atomic E-state index is 6.26. The van der Waals surface area contributed by atoms with Crippen LogP contribution < -0.4 is 5.73 Å². The van der Waals surface area contributed by atoms with E-state index < -0.39 is 0 Å². The molecular formula is C15H11Cl2N3O. The summed E-state index contributed by atoms with van der Waals surface area (Å²) in [5, 5.41) is 4.81. The first-order chi connectivity index (χ1) is 10.1. The van der Waals surface area contributed by atoms with Gasteiger partial charge in [0.1, 0.15) is 0 Å². The molecule has 2 heterocycles. The molecule has 0 aliphatic carbocycles. The summed E-state index contributed by atoms with van der Waals surface area (Å²) in [5.74, 6) is 0.736. The van der Waals surface area contributed by atoms with Crippen LogP contribution in [0.1, 0.15) is 5.56 Å². The maximum Gasteiger partial charge on any atom is 0.178 e. The summed E-state index contributed by atoms with van der Waals surface area (Å²) in [6.45, 7) is 1.94. The van der Waals surface area contributed by atoms with Gasteiger partial charge in [0.05, 0.1) is 15.6 Å². The number of pyridine rings is 1. The van der Waals surface area contributed by atoms with E-state index in [0.29, 0.717) is 26.9 Å². The highest BCUT2D eigenvalue weighted by Crippen LogP contribution is 2.43. The summed E-state index contributed by atoms with van der Waals surface area (Å²) in [7, 11) is 0. The number of anilines is 1. The fourth-order valence-electron chi connectivity index (χ4n) is 2.16. The molecule has 2 N–H and O–H groups in total. The molecule has 4 nitrogen and oxygen atoms in total. The fraction of sp³-hybridized carbons (Fsp3) is 0.0667. The number of halogens is 2. The van der Waals surface area contributed by atoms with Crippen LogP contribution in [0.2, 0.25) is 10.0 Å². The van der Waals surface area contributed by atoms with Gasteiger partial charge >= 0.3 is 0 Å². The van der Waals surface area contributed by atoms with Crippen molar-refractivity contribution in [3.8, 4) is 22.5 Å². The van der Waals surface area contributed by atoms with Crippen LogP contribution in [0.4, 0.5) is 5.82 Å². The minimum atomic E-state index is 0.238. The predicted octanol–water partition coefficient (Wildman–Crippen LogP) is 4.60. The zero-order chi connectivity index (χ0) is 15.0. The normalized spacial score (nSPS) is 10.8. The Morgan fingerprint density at radius 1 is 1.10 bits per heavy atom. The number of nitrogens with two attached hydrogens (primary N) is 1. The number of nitrogens with zero attached hydrogens (tertiary/aromatic N) is 2. The Kier molecular flexibility index (Phi) is 3.57. The van der Waals surface area contributed by atoms with Gasteiger partial charge in [-0.15, -0.1) is 0 Å². The summed E-state index contributed by atoms with van der Waals surface area (Å²) in [5.41, 5.74) is 8.90. The molecule has 0 saturated heterocycles. The van der Waals surface area contributed by atoms with Crippen LogP contribution in [0, 0.1) is 6.92 Å². The quantitative estimate of drug-likeness (QED) is 0.749. The fourth-order valence-corrected chi connectivity index (χ4v) is 2.74. The summed E-state index contributed by atoms with van der Waals surface area (Å²) in [6, 6.07) is 7.19. The lowest BCUT2D eigenvalue weighted by atomic mass is 10.0. The summed E-state index contributed by atoms with van der Waals surface area (Å²) >= 11 is 12.5. The third-order valence-electron chi connectivity index (χ3n) is 3.07. The SMILES string of the molecule is Cc1cncc(-c2onc(N)c2-c2c(Cl)cccc2Cl)c1. The lowest BCUT2D eigenvalue weighted by Crippen LogP contribution is -1.91. The molecule has 0 fully saturated rings. The van der Waals surface area contributed by atoms with Crippen molar-refractivity contribution in [2.24, 2.45) is 0 Å². The van der Waals surface area contributed by atoms with Crippen molar-refractivity contribution < 1.29 is 4.52 Å². The van der Waals surface area contributed by atoms with Gasteiger partial charge in [0.25, 0.3) is 0 Å². The second-order valence-corrected chi connectivity index (χ2v) is 5.43. The summed E-state index contributed by atoms with van der Waals surface area (Å²) < 4.78 is 5.37. The van der Waals surface area contributed by atoms with Crippen LogP contribution in [-0.2, 0) is 0 Å². The molecule has 0 atom stereocenters. The third-order valence-corrected chi connectivity index (χ3v) is 3.70. The number of hydrogen-bond acceptors (Lipinski definition) is 4. The Balaban J connectivity index is 2.28. The number of rotatable bonds is 2. The second-order valence-electron chi connectivity index (χ2n) is 4.62. The van der Waals surface area contributed by atoms with Crippen molar-refractivity contribution in [2.45, 2.75) is 6.92 Å².